The van der Waals surface area contributed by atoms with E-state index >= 15 is 0 Å². The van der Waals surface area contributed by atoms with E-state index in [-0.39, 0.29) is 6.29 Å². The maximum Gasteiger partial charge on any atom is 0.157 e. The van der Waals surface area contributed by atoms with Crippen LogP contribution in [-0.2, 0) is 9.47 Å². The highest BCUT2D eigenvalue weighted by Gasteiger charge is 2.29. The summed E-state index contributed by atoms with van der Waals surface area (Å²) in [5.41, 5.74) is 0. The second kappa shape index (κ2) is 6.41. The van der Waals surface area contributed by atoms with E-state index in [2.05, 4.69) is 20.8 Å². The summed E-state index contributed by atoms with van der Waals surface area (Å²) in [5, 5.41) is 0. The molecule has 0 unspecified atom stereocenters. The molecule has 0 aliphatic carbocycles. The smallest absolute Gasteiger partial charge is 0.157 e. The van der Waals surface area contributed by atoms with Gasteiger partial charge in [0.05, 0.1) is 12.7 Å². The van der Waals surface area contributed by atoms with Crippen LogP contribution in [0, 0.1) is 5.92 Å². The topological polar surface area (TPSA) is 18.5 Å². The Kier molecular flexibility index (Phi) is 5.49. The van der Waals surface area contributed by atoms with Crippen LogP contribution in [0.3, 0.4) is 0 Å². The highest BCUT2D eigenvalue weighted by atomic mass is 16.7. The van der Waals surface area contributed by atoms with Gasteiger partial charge in [-0.2, -0.15) is 0 Å². The van der Waals surface area contributed by atoms with Crippen molar-refractivity contribution in [3.05, 3.63) is 0 Å². The van der Waals surface area contributed by atoms with Crippen LogP contribution >= 0.6 is 0 Å². The molecular weight excluding hydrogens is 176 g/mol. The van der Waals surface area contributed by atoms with E-state index in [1.54, 1.807) is 0 Å². The Morgan fingerprint density at radius 1 is 1.07 bits per heavy atom. The van der Waals surface area contributed by atoms with Crippen LogP contribution in [0.25, 0.3) is 0 Å². The van der Waals surface area contributed by atoms with Gasteiger partial charge in [-0.05, 0) is 19.3 Å². The van der Waals surface area contributed by atoms with Crippen LogP contribution in [0.4, 0.5) is 0 Å². The third-order valence-electron chi connectivity index (χ3n) is 2.97. The average Bonchev–Trinajstić information content (AvgIpc) is 2.19. The fourth-order valence-corrected chi connectivity index (χ4v) is 2.04. The minimum absolute atomic E-state index is 0.0688. The molecule has 1 aliphatic rings. The van der Waals surface area contributed by atoms with Gasteiger partial charge in [0.2, 0.25) is 0 Å². The fraction of sp³-hybridized carbons (Fsp3) is 1.00. The third kappa shape index (κ3) is 3.25. The van der Waals surface area contributed by atoms with Crippen molar-refractivity contribution in [3.63, 3.8) is 0 Å². The molecule has 0 aromatic heterocycles. The predicted octanol–water partition coefficient (Wildman–Crippen LogP) is 3.35. The summed E-state index contributed by atoms with van der Waals surface area (Å²) in [6.07, 6.45) is 6.25. The molecule has 1 aliphatic heterocycles. The van der Waals surface area contributed by atoms with E-state index < -0.39 is 0 Å². The molecule has 1 fully saturated rings. The van der Waals surface area contributed by atoms with Crippen LogP contribution < -0.4 is 0 Å². The first-order valence-electron chi connectivity index (χ1n) is 6.08. The van der Waals surface area contributed by atoms with E-state index in [4.69, 9.17) is 9.47 Å². The fourth-order valence-electron chi connectivity index (χ4n) is 2.04. The molecule has 1 saturated heterocycles. The summed E-state index contributed by atoms with van der Waals surface area (Å²) in [5.74, 6) is 0.614. The second-order valence-electron chi connectivity index (χ2n) is 4.18. The lowest BCUT2D eigenvalue weighted by Gasteiger charge is -2.36. The monoisotopic (exact) mass is 200 g/mol. The first-order valence-corrected chi connectivity index (χ1v) is 6.08. The van der Waals surface area contributed by atoms with Crippen molar-refractivity contribution in [1.82, 2.24) is 0 Å². The minimum Gasteiger partial charge on any atom is -0.352 e. The van der Waals surface area contributed by atoms with Crippen LogP contribution in [0.2, 0.25) is 0 Å². The molecule has 1 rings (SSSR count). The standard InChI is InChI=1S/C12H24O2/c1-4-7-11-10(6-3)9-13-12(14-11)8-5-2/h10-12H,4-9H2,1-3H3/t10-,11+,12+/m1/s1. The Bertz CT molecular complexity index is 147. The molecule has 0 saturated carbocycles. The Morgan fingerprint density at radius 3 is 2.36 bits per heavy atom. The molecule has 84 valence electrons. The highest BCUT2D eigenvalue weighted by Crippen LogP contribution is 2.26. The quantitative estimate of drug-likeness (QED) is 0.677. The first-order chi connectivity index (χ1) is 6.81. The molecule has 0 spiro atoms. The van der Waals surface area contributed by atoms with Crippen molar-refractivity contribution >= 4 is 0 Å². The van der Waals surface area contributed by atoms with Gasteiger partial charge in [-0.1, -0.05) is 33.6 Å². The molecule has 2 heteroatoms. The van der Waals surface area contributed by atoms with Crippen molar-refractivity contribution in [3.8, 4) is 0 Å². The molecular formula is C12H24O2. The van der Waals surface area contributed by atoms with Gasteiger partial charge in [-0.15, -0.1) is 0 Å². The van der Waals surface area contributed by atoms with Crippen LogP contribution in [-0.4, -0.2) is 19.0 Å². The summed E-state index contributed by atoms with van der Waals surface area (Å²) < 4.78 is 11.6. The molecule has 14 heavy (non-hydrogen) atoms. The van der Waals surface area contributed by atoms with Gasteiger partial charge in [0.25, 0.3) is 0 Å². The highest BCUT2D eigenvalue weighted by molar-refractivity contribution is 4.73. The second-order valence-corrected chi connectivity index (χ2v) is 4.18. The lowest BCUT2D eigenvalue weighted by Crippen LogP contribution is -2.39. The maximum atomic E-state index is 5.95. The summed E-state index contributed by atoms with van der Waals surface area (Å²) in [6, 6.07) is 0. The molecule has 3 atom stereocenters. The molecule has 0 amide bonds. The zero-order chi connectivity index (χ0) is 10.4. The Labute approximate surface area is 88.0 Å². The molecule has 0 bridgehead atoms. The van der Waals surface area contributed by atoms with Crippen molar-refractivity contribution in [2.24, 2.45) is 5.92 Å². The first kappa shape index (κ1) is 12.0. The molecule has 0 aromatic rings. The molecule has 0 radical (unpaired) electrons. The van der Waals surface area contributed by atoms with E-state index in [0.29, 0.717) is 12.0 Å². The van der Waals surface area contributed by atoms with Crippen molar-refractivity contribution in [2.75, 3.05) is 6.61 Å². The molecule has 0 N–H and O–H groups in total. The largest absolute Gasteiger partial charge is 0.352 e. The Hall–Kier alpha value is -0.0800. The van der Waals surface area contributed by atoms with E-state index in [1.807, 2.05) is 0 Å². The molecule has 2 nitrogen and oxygen atoms in total. The van der Waals surface area contributed by atoms with E-state index in [0.717, 1.165) is 19.4 Å². The number of ether oxygens (including phenoxy) is 2. The van der Waals surface area contributed by atoms with E-state index in [1.165, 1.54) is 19.3 Å². The van der Waals surface area contributed by atoms with Crippen LogP contribution in [0.5, 0.6) is 0 Å². The zero-order valence-electron chi connectivity index (χ0n) is 9.79. The number of hydrogen-bond acceptors (Lipinski definition) is 2. The summed E-state index contributed by atoms with van der Waals surface area (Å²) >= 11 is 0. The lowest BCUT2D eigenvalue weighted by atomic mass is 9.95. The van der Waals surface area contributed by atoms with Gasteiger partial charge < -0.3 is 9.47 Å². The van der Waals surface area contributed by atoms with Gasteiger partial charge >= 0.3 is 0 Å². The zero-order valence-corrected chi connectivity index (χ0v) is 9.79. The lowest BCUT2D eigenvalue weighted by molar-refractivity contribution is -0.240. The third-order valence-corrected chi connectivity index (χ3v) is 2.97. The number of rotatable bonds is 5. The van der Waals surface area contributed by atoms with E-state index in [9.17, 15) is 0 Å². The summed E-state index contributed by atoms with van der Waals surface area (Å²) in [6.45, 7) is 7.51. The summed E-state index contributed by atoms with van der Waals surface area (Å²) in [7, 11) is 0. The van der Waals surface area contributed by atoms with Crippen LogP contribution in [0.1, 0.15) is 52.9 Å². The van der Waals surface area contributed by atoms with Crippen LogP contribution in [0.15, 0.2) is 0 Å². The van der Waals surface area contributed by atoms with Gasteiger partial charge in [0, 0.05) is 5.92 Å². The van der Waals surface area contributed by atoms with Gasteiger partial charge in [-0.25, -0.2) is 0 Å². The van der Waals surface area contributed by atoms with Gasteiger partial charge in [0.15, 0.2) is 6.29 Å². The van der Waals surface area contributed by atoms with Gasteiger partial charge in [0.1, 0.15) is 0 Å². The average molecular weight is 200 g/mol. The number of hydrogen-bond donors (Lipinski definition) is 0. The Morgan fingerprint density at radius 2 is 1.79 bits per heavy atom. The Balaban J connectivity index is 2.39. The van der Waals surface area contributed by atoms with Crippen molar-refractivity contribution in [1.29, 1.82) is 0 Å². The van der Waals surface area contributed by atoms with Gasteiger partial charge in [-0.3, -0.25) is 0 Å². The van der Waals surface area contributed by atoms with Crippen molar-refractivity contribution < 1.29 is 9.47 Å². The van der Waals surface area contributed by atoms with Crippen molar-refractivity contribution in [2.45, 2.75) is 65.3 Å². The summed E-state index contributed by atoms with van der Waals surface area (Å²) in [4.78, 5) is 0. The normalized spacial score (nSPS) is 33.2. The SMILES string of the molecule is CCC[C@H]1OC[C@@H](CC)[C@H](CCC)O1. The maximum absolute atomic E-state index is 5.95. The minimum atomic E-state index is 0.0688. The predicted molar refractivity (Wildman–Crippen MR) is 58.2 cm³/mol. The molecule has 0 aromatic carbocycles. The molecule has 1 heterocycles.